The van der Waals surface area contributed by atoms with Crippen molar-refractivity contribution in [3.05, 3.63) is 0 Å². The number of carbonyl (C=O) groups excluding carboxylic acids is 3. The van der Waals surface area contributed by atoms with Crippen molar-refractivity contribution >= 4 is 30.0 Å². The van der Waals surface area contributed by atoms with Gasteiger partial charge in [0, 0.05) is 19.3 Å². The van der Waals surface area contributed by atoms with E-state index in [4.69, 9.17) is 5.11 Å². The van der Waals surface area contributed by atoms with E-state index in [1.54, 1.807) is 0 Å². The molecule has 0 aromatic rings. The second-order valence-corrected chi connectivity index (χ2v) is 8.82. The Kier molecular flexibility index (Phi) is 20.7. The van der Waals surface area contributed by atoms with Gasteiger partial charge in [0.1, 0.15) is 18.9 Å². The van der Waals surface area contributed by atoms with E-state index in [1.807, 2.05) is 0 Å². The summed E-state index contributed by atoms with van der Waals surface area (Å²) in [4.78, 5) is 55.4. The highest BCUT2D eigenvalue weighted by Crippen LogP contribution is 2.13. The lowest BCUT2D eigenvalue weighted by Crippen LogP contribution is -2.41. The Morgan fingerprint density at radius 2 is 1.12 bits per heavy atom. The summed E-state index contributed by atoms with van der Waals surface area (Å²) in [6, 6.07) is -1.16. The van der Waals surface area contributed by atoms with Crippen LogP contribution in [-0.4, -0.2) is 52.8 Å². The van der Waals surface area contributed by atoms with Gasteiger partial charge in [-0.1, -0.05) is 77.0 Å². The molecule has 196 valence electrons. The van der Waals surface area contributed by atoms with Crippen molar-refractivity contribution in [3.8, 4) is 0 Å². The number of aliphatic carboxylic acids is 2. The van der Waals surface area contributed by atoms with E-state index < -0.39 is 30.4 Å². The van der Waals surface area contributed by atoms with E-state index >= 15 is 0 Å². The Bertz CT molecular complexity index is 596. The molecule has 1 atom stereocenters. The number of amides is 2. The number of unbranched alkanes of at least 4 members (excludes halogenated alkanes) is 14. The molecule has 9 nitrogen and oxygen atoms in total. The van der Waals surface area contributed by atoms with Gasteiger partial charge in [0.2, 0.25) is 11.8 Å². The van der Waals surface area contributed by atoms with Crippen LogP contribution in [0.3, 0.4) is 0 Å². The van der Waals surface area contributed by atoms with E-state index in [2.05, 4.69) is 10.6 Å². The van der Waals surface area contributed by atoms with Crippen molar-refractivity contribution in [2.24, 2.45) is 0 Å². The molecule has 0 aliphatic rings. The third-order valence-corrected chi connectivity index (χ3v) is 5.71. The Morgan fingerprint density at radius 1 is 0.647 bits per heavy atom. The quantitative estimate of drug-likeness (QED) is 0.119. The van der Waals surface area contributed by atoms with Gasteiger partial charge in [-0.15, -0.1) is 0 Å². The molecule has 0 aromatic heterocycles. The topological polar surface area (TPSA) is 150 Å². The first-order valence-corrected chi connectivity index (χ1v) is 12.8. The van der Waals surface area contributed by atoms with Gasteiger partial charge < -0.3 is 25.6 Å². The van der Waals surface area contributed by atoms with Gasteiger partial charge in [0.25, 0.3) is 0 Å². The second kappa shape index (κ2) is 22.3. The fraction of sp³-hybridized carbons (Fsp3) is 0.800. The average molecular weight is 485 g/mol. The van der Waals surface area contributed by atoms with Crippen LogP contribution in [-0.2, 0) is 24.0 Å². The van der Waals surface area contributed by atoms with E-state index in [0.717, 1.165) is 38.4 Å². The largest absolute Gasteiger partial charge is 0.480 e. The molecule has 0 unspecified atom stereocenters. The molecule has 0 spiro atoms. The van der Waals surface area contributed by atoms with Gasteiger partial charge in [-0.2, -0.15) is 0 Å². The summed E-state index contributed by atoms with van der Waals surface area (Å²) in [7, 11) is 0. The highest BCUT2D eigenvalue weighted by molar-refractivity contribution is 5.85. The molecule has 2 amide bonds. The third kappa shape index (κ3) is 21.4. The van der Waals surface area contributed by atoms with Crippen molar-refractivity contribution in [1.29, 1.82) is 0 Å². The first-order valence-electron chi connectivity index (χ1n) is 12.8. The molecule has 4 N–H and O–H groups in total. The summed E-state index contributed by atoms with van der Waals surface area (Å²) in [5.41, 5.74) is 0. The Hall–Kier alpha value is -2.45. The van der Waals surface area contributed by atoms with Gasteiger partial charge in [0.15, 0.2) is 0 Å². The SMILES string of the molecule is O=CCCCCCCCCCCCCCCCCC(=O)N[C@@H](CCC(=O)NCC(=O)O)C(=O)O. The molecule has 9 heteroatoms. The molecule has 0 fully saturated rings. The zero-order valence-electron chi connectivity index (χ0n) is 20.5. The first kappa shape index (κ1) is 31.6. The molecule has 0 rings (SSSR count). The molecule has 0 bridgehead atoms. The molecule has 0 saturated carbocycles. The summed E-state index contributed by atoms with van der Waals surface area (Å²) in [5.74, 6) is -3.30. The lowest BCUT2D eigenvalue weighted by Gasteiger charge is -2.14. The minimum absolute atomic E-state index is 0.0894. The molecule has 0 heterocycles. The highest BCUT2D eigenvalue weighted by Gasteiger charge is 2.20. The van der Waals surface area contributed by atoms with E-state index in [0.29, 0.717) is 12.8 Å². The van der Waals surface area contributed by atoms with E-state index in [1.165, 1.54) is 51.4 Å². The Morgan fingerprint density at radius 3 is 1.56 bits per heavy atom. The minimum Gasteiger partial charge on any atom is -0.480 e. The molecular formula is C25H44N2O7. The number of carbonyl (C=O) groups is 5. The van der Waals surface area contributed by atoms with Gasteiger partial charge in [0.05, 0.1) is 0 Å². The van der Waals surface area contributed by atoms with Crippen LogP contribution >= 0.6 is 0 Å². The Balaban J connectivity index is 3.62. The van der Waals surface area contributed by atoms with Crippen LogP contribution in [0.25, 0.3) is 0 Å². The lowest BCUT2D eigenvalue weighted by atomic mass is 10.0. The Labute approximate surface area is 203 Å². The molecular weight excluding hydrogens is 440 g/mol. The maximum atomic E-state index is 12.0. The van der Waals surface area contributed by atoms with Crippen LogP contribution in [0.15, 0.2) is 0 Å². The van der Waals surface area contributed by atoms with Crippen molar-refractivity contribution in [2.45, 2.75) is 122 Å². The number of carboxylic acid groups (broad SMARTS) is 2. The number of hydrogen-bond acceptors (Lipinski definition) is 5. The predicted molar refractivity (Wildman–Crippen MR) is 129 cm³/mol. The maximum absolute atomic E-state index is 12.0. The van der Waals surface area contributed by atoms with Crippen LogP contribution in [0.2, 0.25) is 0 Å². The summed E-state index contributed by atoms with van der Waals surface area (Å²) in [5, 5.41) is 22.3. The van der Waals surface area contributed by atoms with Crippen LogP contribution in [0.1, 0.15) is 116 Å². The number of carboxylic acids is 2. The average Bonchev–Trinajstić information content (AvgIpc) is 2.79. The normalized spacial score (nSPS) is 11.5. The molecule has 34 heavy (non-hydrogen) atoms. The molecule has 0 aromatic carbocycles. The number of aldehydes is 1. The lowest BCUT2D eigenvalue weighted by molar-refractivity contribution is -0.142. The smallest absolute Gasteiger partial charge is 0.326 e. The zero-order valence-corrected chi connectivity index (χ0v) is 20.5. The monoisotopic (exact) mass is 484 g/mol. The summed E-state index contributed by atoms with van der Waals surface area (Å²) < 4.78 is 0. The standard InChI is InChI=1S/C25H44N2O7/c28-19-15-13-11-9-7-5-3-1-2-4-6-8-10-12-14-16-23(30)27-21(25(33)34)17-18-22(29)26-20-24(31)32/h19,21H,1-18,20H2,(H,26,29)(H,27,30)(H,31,32)(H,33,34)/t21-/m0/s1. The second-order valence-electron chi connectivity index (χ2n) is 8.82. The van der Waals surface area contributed by atoms with Crippen molar-refractivity contribution in [1.82, 2.24) is 10.6 Å². The van der Waals surface area contributed by atoms with Gasteiger partial charge in [-0.05, 0) is 19.3 Å². The third-order valence-electron chi connectivity index (χ3n) is 5.71. The molecule has 0 saturated heterocycles. The summed E-state index contributed by atoms with van der Waals surface area (Å²) in [6.45, 7) is -0.520. The fourth-order valence-electron chi connectivity index (χ4n) is 3.70. The fourth-order valence-corrected chi connectivity index (χ4v) is 3.70. The van der Waals surface area contributed by atoms with Gasteiger partial charge in [-0.3, -0.25) is 14.4 Å². The van der Waals surface area contributed by atoms with Crippen LogP contribution in [0, 0.1) is 0 Å². The number of hydrogen-bond donors (Lipinski definition) is 4. The zero-order chi connectivity index (χ0) is 25.4. The maximum Gasteiger partial charge on any atom is 0.326 e. The summed E-state index contributed by atoms with van der Waals surface area (Å²) in [6.07, 6.45) is 17.7. The first-order chi connectivity index (χ1) is 16.4. The van der Waals surface area contributed by atoms with Gasteiger partial charge >= 0.3 is 11.9 Å². The number of rotatable bonds is 24. The minimum atomic E-state index is -1.21. The highest BCUT2D eigenvalue weighted by atomic mass is 16.4. The van der Waals surface area contributed by atoms with Crippen molar-refractivity contribution in [3.63, 3.8) is 0 Å². The van der Waals surface area contributed by atoms with E-state index in [9.17, 15) is 29.1 Å². The predicted octanol–water partition coefficient (Wildman–Crippen LogP) is 3.98. The van der Waals surface area contributed by atoms with Crippen molar-refractivity contribution in [2.75, 3.05) is 6.54 Å². The molecule has 0 radical (unpaired) electrons. The van der Waals surface area contributed by atoms with Crippen LogP contribution < -0.4 is 10.6 Å². The summed E-state index contributed by atoms with van der Waals surface area (Å²) >= 11 is 0. The number of nitrogens with one attached hydrogen (secondary N) is 2. The van der Waals surface area contributed by atoms with Gasteiger partial charge in [-0.25, -0.2) is 4.79 Å². The van der Waals surface area contributed by atoms with Crippen molar-refractivity contribution < 1.29 is 34.2 Å². The molecule has 0 aliphatic heterocycles. The van der Waals surface area contributed by atoms with E-state index in [-0.39, 0.29) is 25.2 Å². The van der Waals surface area contributed by atoms with Crippen LogP contribution in [0.5, 0.6) is 0 Å². The van der Waals surface area contributed by atoms with Crippen LogP contribution in [0.4, 0.5) is 0 Å². The molecule has 0 aliphatic carbocycles.